The van der Waals surface area contributed by atoms with Gasteiger partial charge in [-0.15, -0.1) is 0 Å². The van der Waals surface area contributed by atoms with Crippen molar-refractivity contribution in [2.75, 3.05) is 31.9 Å². The Morgan fingerprint density at radius 2 is 1.56 bits per heavy atom. The minimum absolute atomic E-state index is 0.0671. The quantitative estimate of drug-likeness (QED) is 0.694. The topological polar surface area (TPSA) is 91.8 Å². The first-order chi connectivity index (χ1) is 11.7. The Morgan fingerprint density at radius 1 is 1.04 bits per heavy atom. The third-order valence-electron chi connectivity index (χ3n) is 4.49. The Bertz CT molecular complexity index is 822. The molecule has 25 heavy (non-hydrogen) atoms. The molecule has 1 aliphatic rings. The second-order valence-electron chi connectivity index (χ2n) is 5.90. The van der Waals surface area contributed by atoms with E-state index in [0.717, 1.165) is 0 Å². The summed E-state index contributed by atoms with van der Waals surface area (Å²) in [6.07, 6.45) is 0. The minimum Gasteiger partial charge on any atom is -0.336 e. The summed E-state index contributed by atoms with van der Waals surface area (Å²) >= 11 is 0. The highest BCUT2D eigenvalue weighted by molar-refractivity contribution is 7.92. The molecule has 1 heterocycles. The van der Waals surface area contributed by atoms with Crippen LogP contribution in [0.2, 0.25) is 0 Å². The third kappa shape index (κ3) is 3.88. The molecule has 9 heteroatoms. The highest BCUT2D eigenvalue weighted by Gasteiger charge is 2.38. The van der Waals surface area contributed by atoms with Crippen molar-refractivity contribution in [1.29, 1.82) is 0 Å². The molecule has 0 aromatic heterocycles. The van der Waals surface area contributed by atoms with Gasteiger partial charge in [0.15, 0.2) is 9.84 Å². The van der Waals surface area contributed by atoms with Crippen molar-refractivity contribution in [2.24, 2.45) is 0 Å². The van der Waals surface area contributed by atoms with E-state index >= 15 is 0 Å². The zero-order valence-corrected chi connectivity index (χ0v) is 16.3. The lowest BCUT2D eigenvalue weighted by Crippen LogP contribution is -2.57. The summed E-state index contributed by atoms with van der Waals surface area (Å²) in [4.78, 5) is 14.0. The number of hydrogen-bond donors (Lipinski definition) is 0. The Kier molecular flexibility index (Phi) is 5.90. The molecule has 1 aromatic rings. The van der Waals surface area contributed by atoms with Gasteiger partial charge in [-0.1, -0.05) is 20.8 Å². The average Bonchev–Trinajstić information content (AvgIpc) is 2.54. The molecule has 0 N–H and O–H groups in total. The van der Waals surface area contributed by atoms with E-state index in [1.807, 2.05) is 0 Å². The van der Waals surface area contributed by atoms with Gasteiger partial charge >= 0.3 is 0 Å². The van der Waals surface area contributed by atoms with E-state index < -0.39 is 25.1 Å². The van der Waals surface area contributed by atoms with Crippen molar-refractivity contribution in [3.63, 3.8) is 0 Å². The number of benzene rings is 1. The zero-order valence-electron chi connectivity index (χ0n) is 14.7. The fourth-order valence-corrected chi connectivity index (χ4v) is 5.47. The first kappa shape index (κ1) is 19.9. The van der Waals surface area contributed by atoms with Gasteiger partial charge < -0.3 is 4.90 Å². The number of hydrogen-bond acceptors (Lipinski definition) is 5. The molecule has 1 fully saturated rings. The van der Waals surface area contributed by atoms with Gasteiger partial charge in [0.05, 0.1) is 10.1 Å². The summed E-state index contributed by atoms with van der Waals surface area (Å²) in [5.41, 5.74) is 0.353. The number of amides is 1. The van der Waals surface area contributed by atoms with Gasteiger partial charge in [-0.2, -0.15) is 4.31 Å². The van der Waals surface area contributed by atoms with Crippen LogP contribution in [0.5, 0.6) is 0 Å². The maximum atomic E-state index is 12.4. The molecule has 0 radical (unpaired) electrons. The van der Waals surface area contributed by atoms with E-state index in [1.165, 1.54) is 33.5 Å². The van der Waals surface area contributed by atoms with Crippen LogP contribution in [0.4, 0.5) is 0 Å². The molecular formula is C16H24N2O5S2. The molecule has 2 rings (SSSR count). The molecular weight excluding hydrogens is 364 g/mol. The number of sulfonamides is 1. The molecule has 7 nitrogen and oxygen atoms in total. The van der Waals surface area contributed by atoms with E-state index in [9.17, 15) is 21.6 Å². The van der Waals surface area contributed by atoms with E-state index in [-0.39, 0.29) is 29.6 Å². The Morgan fingerprint density at radius 3 is 2.00 bits per heavy atom. The number of sulfone groups is 1. The smallest absolute Gasteiger partial charge is 0.253 e. The van der Waals surface area contributed by atoms with Crippen LogP contribution >= 0.6 is 0 Å². The fourth-order valence-electron chi connectivity index (χ4n) is 2.73. The number of nitrogens with zero attached hydrogens (tertiary/aromatic N) is 2. The second kappa shape index (κ2) is 7.43. The summed E-state index contributed by atoms with van der Waals surface area (Å²) in [5, 5.41) is -0.497. The van der Waals surface area contributed by atoms with Gasteiger partial charge in [0, 0.05) is 37.5 Å². The van der Waals surface area contributed by atoms with Gasteiger partial charge in [0.1, 0.15) is 0 Å². The molecule has 0 atom stereocenters. The molecule has 140 valence electrons. The molecule has 1 amide bonds. The molecule has 0 spiro atoms. The van der Waals surface area contributed by atoms with Crippen molar-refractivity contribution < 1.29 is 21.6 Å². The summed E-state index contributed by atoms with van der Waals surface area (Å²) in [5.74, 6) is -0.216. The predicted molar refractivity (Wildman–Crippen MR) is 95.7 cm³/mol. The average molecular weight is 389 g/mol. The molecule has 0 unspecified atom stereocenters. The van der Waals surface area contributed by atoms with Crippen LogP contribution in [-0.2, 0) is 19.9 Å². The van der Waals surface area contributed by atoms with Gasteiger partial charge in [0.2, 0.25) is 10.0 Å². The normalized spacial score (nSPS) is 16.1. The Balaban J connectivity index is 2.10. The molecule has 1 saturated heterocycles. The van der Waals surface area contributed by atoms with Crippen LogP contribution in [0, 0.1) is 0 Å². The second-order valence-corrected chi connectivity index (χ2v) is 10.4. The van der Waals surface area contributed by atoms with E-state index in [1.54, 1.807) is 20.8 Å². The van der Waals surface area contributed by atoms with Crippen molar-refractivity contribution in [1.82, 2.24) is 9.21 Å². The predicted octanol–water partition coefficient (Wildman–Crippen LogP) is 0.976. The van der Waals surface area contributed by atoms with E-state index in [0.29, 0.717) is 18.7 Å². The number of likely N-dealkylation sites (tertiary alicyclic amines) is 1. The number of rotatable bonds is 7. The van der Waals surface area contributed by atoms with E-state index in [4.69, 9.17) is 0 Å². The lowest BCUT2D eigenvalue weighted by molar-refractivity contribution is 0.0659. The van der Waals surface area contributed by atoms with Crippen molar-refractivity contribution in [3.05, 3.63) is 29.8 Å². The first-order valence-corrected chi connectivity index (χ1v) is 11.4. The maximum absolute atomic E-state index is 12.4. The van der Waals surface area contributed by atoms with Crippen LogP contribution in [-0.4, -0.2) is 69.1 Å². The zero-order chi connectivity index (χ0) is 18.8. The minimum atomic E-state index is -3.56. The lowest BCUT2D eigenvalue weighted by atomic mass is 10.1. The van der Waals surface area contributed by atoms with Gasteiger partial charge in [-0.3, -0.25) is 4.79 Å². The molecule has 0 bridgehead atoms. The maximum Gasteiger partial charge on any atom is 0.253 e. The summed E-state index contributed by atoms with van der Waals surface area (Å²) in [7, 11) is -6.69. The van der Waals surface area contributed by atoms with Crippen LogP contribution in [0.3, 0.4) is 0 Å². The van der Waals surface area contributed by atoms with Crippen LogP contribution in [0.15, 0.2) is 29.2 Å². The van der Waals surface area contributed by atoms with Crippen LogP contribution in [0.1, 0.15) is 31.1 Å². The third-order valence-corrected chi connectivity index (χ3v) is 8.67. The SMILES string of the molecule is CCN(CC)S(=O)(=O)c1ccc(C(=O)N2CC(S(=O)(=O)CC)C2)cc1. The lowest BCUT2D eigenvalue weighted by Gasteiger charge is -2.38. The Hall–Kier alpha value is -1.45. The van der Waals surface area contributed by atoms with E-state index in [2.05, 4.69) is 0 Å². The summed E-state index contributed by atoms with van der Waals surface area (Å²) < 4.78 is 49.7. The summed E-state index contributed by atoms with van der Waals surface area (Å²) in [6, 6.07) is 5.78. The molecule has 1 aromatic carbocycles. The van der Waals surface area contributed by atoms with Gasteiger partial charge in [-0.05, 0) is 24.3 Å². The first-order valence-electron chi connectivity index (χ1n) is 8.28. The number of carbonyl (C=O) groups is 1. The van der Waals surface area contributed by atoms with Crippen molar-refractivity contribution in [3.8, 4) is 0 Å². The number of carbonyl (C=O) groups excluding carboxylic acids is 1. The monoisotopic (exact) mass is 388 g/mol. The molecule has 0 aliphatic carbocycles. The van der Waals surface area contributed by atoms with Crippen molar-refractivity contribution >= 4 is 25.8 Å². The van der Waals surface area contributed by atoms with Gasteiger partial charge in [-0.25, -0.2) is 16.8 Å². The van der Waals surface area contributed by atoms with Crippen LogP contribution in [0.25, 0.3) is 0 Å². The highest BCUT2D eigenvalue weighted by atomic mass is 32.2. The van der Waals surface area contributed by atoms with Crippen molar-refractivity contribution in [2.45, 2.75) is 30.9 Å². The fraction of sp³-hybridized carbons (Fsp3) is 0.562. The molecule has 0 saturated carbocycles. The van der Waals surface area contributed by atoms with Crippen LogP contribution < -0.4 is 0 Å². The largest absolute Gasteiger partial charge is 0.336 e. The Labute approximate surface area is 149 Å². The van der Waals surface area contributed by atoms with Gasteiger partial charge in [0.25, 0.3) is 5.91 Å². The summed E-state index contributed by atoms with van der Waals surface area (Å²) in [6.45, 7) is 6.26. The molecule has 1 aliphatic heterocycles. The highest BCUT2D eigenvalue weighted by Crippen LogP contribution is 2.21. The standard InChI is InChI=1S/C16H24N2O5S2/c1-4-18(5-2)25(22,23)14-9-7-13(8-10-14)16(19)17-11-15(12-17)24(20,21)6-3/h7-10,15H,4-6,11-12H2,1-3H3.